The number of halogens is 18. The Morgan fingerprint density at radius 2 is 0.667 bits per heavy atom. The second-order valence-electron chi connectivity index (χ2n) is 8.80. The van der Waals surface area contributed by atoms with Crippen molar-refractivity contribution in [1.29, 1.82) is 0 Å². The summed E-state index contributed by atoms with van der Waals surface area (Å²) in [5, 5.41) is -8.31. The van der Waals surface area contributed by atoms with Gasteiger partial charge in [-0.1, -0.05) is 142 Å². The highest BCUT2D eigenvalue weighted by molar-refractivity contribution is 6.67. The van der Waals surface area contributed by atoms with Gasteiger partial charge in [0, 0.05) is 12.8 Å². The highest BCUT2D eigenvalue weighted by atomic mass is 35.6. The normalized spacial score (nSPS) is 16.9. The van der Waals surface area contributed by atoms with E-state index in [9.17, 15) is 35.9 Å². The first kappa shape index (κ1) is 43.3. The quantitative estimate of drug-likeness (QED) is 0.0511. The molecule has 0 saturated heterocycles. The zero-order chi connectivity index (χ0) is 33.6. The monoisotopic (exact) mass is 826 g/mol. The van der Waals surface area contributed by atoms with Gasteiger partial charge in [0.25, 0.3) is 0 Å². The lowest BCUT2D eigenvalue weighted by Gasteiger charge is -2.38. The molecule has 0 aliphatic rings. The Morgan fingerprint density at radius 3 is 0.905 bits per heavy atom. The summed E-state index contributed by atoms with van der Waals surface area (Å²) in [5.41, 5.74) is 0. The minimum atomic E-state index is -4.44. The first-order chi connectivity index (χ1) is 18.5. The van der Waals surface area contributed by atoms with Crippen molar-refractivity contribution in [3.05, 3.63) is 0 Å². The molecule has 0 aliphatic heterocycles. The van der Waals surface area contributed by atoms with Crippen molar-refractivity contribution in [2.45, 2.75) is 104 Å². The van der Waals surface area contributed by atoms with Crippen molar-refractivity contribution in [3.63, 3.8) is 0 Å². The molecule has 0 aromatic heterocycles. The number of rotatable bonds is 16. The van der Waals surface area contributed by atoms with Crippen molar-refractivity contribution >= 4 is 128 Å². The summed E-state index contributed by atoms with van der Waals surface area (Å²) < 4.78 is 91.8. The van der Waals surface area contributed by atoms with Crippen LogP contribution >= 0.6 is 116 Å². The summed E-state index contributed by atoms with van der Waals surface area (Å²) in [6.07, 6.45) is -13.7. The van der Waals surface area contributed by atoms with Crippen molar-refractivity contribution in [2.75, 3.05) is 0 Å². The van der Waals surface area contributed by atoms with Crippen molar-refractivity contribution in [1.82, 2.24) is 0 Å². The van der Waals surface area contributed by atoms with E-state index in [1.54, 1.807) is 0 Å². The van der Waals surface area contributed by atoms with E-state index in [1.807, 2.05) is 0 Å². The molecule has 4 nitrogen and oxygen atoms in total. The lowest BCUT2D eigenvalue weighted by Crippen LogP contribution is -2.57. The van der Waals surface area contributed by atoms with E-state index in [0.29, 0.717) is 0 Å². The van der Waals surface area contributed by atoms with E-state index in [2.05, 4.69) is 9.78 Å². The molecular weight excluding hydrogens is 811 g/mol. The molecule has 0 heterocycles. The molecule has 0 aliphatic carbocycles. The van der Waals surface area contributed by atoms with Gasteiger partial charge in [0.05, 0.1) is 0 Å². The minimum Gasteiger partial charge on any atom is -0.242 e. The fourth-order valence-electron chi connectivity index (χ4n) is 2.91. The minimum absolute atomic E-state index is 0.128. The van der Waals surface area contributed by atoms with Crippen LogP contribution in [-0.2, 0) is 19.4 Å². The summed E-state index contributed by atoms with van der Waals surface area (Å²) in [7, 11) is 0. The van der Waals surface area contributed by atoms with E-state index in [1.165, 1.54) is 0 Å². The smallest absolute Gasteiger partial charge is 0.242 e. The van der Waals surface area contributed by atoms with Crippen LogP contribution in [-0.4, -0.2) is 51.9 Å². The Kier molecular flexibility index (Phi) is 16.4. The van der Waals surface area contributed by atoms with Gasteiger partial charge < -0.3 is 0 Å². The van der Waals surface area contributed by atoms with E-state index >= 15 is 8.78 Å². The van der Waals surface area contributed by atoms with E-state index in [0.717, 1.165) is 0 Å². The Hall–Kier alpha value is 1.28. The standard InChI is InChI=1S/C20H20Cl10F8O4/c21-13(22,7-3-1-5-9-15(31,32)33)19(27,28)17(25,37)11(39)41-42-12(40)18(26,38)20(29,30)14(23,24)8-4-2-6-10-16(34,35)36/h1-10H2. The van der Waals surface area contributed by atoms with Gasteiger partial charge in [-0.05, 0) is 25.7 Å². The summed E-state index contributed by atoms with van der Waals surface area (Å²) in [6, 6.07) is 0. The largest absolute Gasteiger partial charge is 0.411 e. The molecule has 0 fully saturated rings. The van der Waals surface area contributed by atoms with Gasteiger partial charge in [0.1, 0.15) is 0 Å². The molecule has 250 valence electrons. The highest BCUT2D eigenvalue weighted by Gasteiger charge is 2.69. The van der Waals surface area contributed by atoms with Crippen molar-refractivity contribution in [2.24, 2.45) is 0 Å². The second kappa shape index (κ2) is 15.9. The predicted octanol–water partition coefficient (Wildman–Crippen LogP) is 11.5. The third kappa shape index (κ3) is 12.1. The molecule has 0 rings (SSSR count). The molecule has 2 unspecified atom stereocenters. The predicted molar refractivity (Wildman–Crippen MR) is 148 cm³/mol. The zero-order valence-electron chi connectivity index (χ0n) is 20.5. The highest BCUT2D eigenvalue weighted by Crippen LogP contribution is 2.57. The van der Waals surface area contributed by atoms with Crippen LogP contribution in [0.15, 0.2) is 0 Å². The maximum Gasteiger partial charge on any atom is 0.411 e. The van der Waals surface area contributed by atoms with Gasteiger partial charge >= 0.3 is 34.5 Å². The number of hydrogen-bond donors (Lipinski definition) is 0. The number of unbranched alkanes of at least 4 members (excludes halogenated alkanes) is 4. The molecular formula is C20H20Cl10F8O4. The lowest BCUT2D eigenvalue weighted by molar-refractivity contribution is -0.269. The van der Waals surface area contributed by atoms with Crippen LogP contribution in [0.5, 0.6) is 0 Å². The lowest BCUT2D eigenvalue weighted by atomic mass is 10.0. The molecule has 22 heteroatoms. The van der Waals surface area contributed by atoms with Crippen LogP contribution in [0, 0.1) is 0 Å². The maximum atomic E-state index is 15.2. The molecule has 0 aromatic carbocycles. The Balaban J connectivity index is 5.33. The van der Waals surface area contributed by atoms with Gasteiger partial charge in [-0.3, -0.25) is 0 Å². The van der Waals surface area contributed by atoms with Crippen LogP contribution in [0.1, 0.15) is 64.2 Å². The van der Waals surface area contributed by atoms with Gasteiger partial charge in [-0.15, -0.1) is 0 Å². The molecule has 0 saturated carbocycles. The van der Waals surface area contributed by atoms with Crippen LogP contribution in [0.2, 0.25) is 0 Å². The number of alkyl halides is 18. The summed E-state index contributed by atoms with van der Waals surface area (Å²) >= 11 is 57.5. The average molecular weight is 831 g/mol. The molecule has 0 N–H and O–H groups in total. The van der Waals surface area contributed by atoms with Gasteiger partial charge in [-0.2, -0.15) is 26.3 Å². The Bertz CT molecular complexity index is 840. The molecule has 0 bridgehead atoms. The van der Waals surface area contributed by atoms with E-state index in [-0.39, 0.29) is 38.5 Å². The Labute approximate surface area is 285 Å². The summed E-state index contributed by atoms with van der Waals surface area (Å²) in [6.45, 7) is 0. The molecule has 2 atom stereocenters. The summed E-state index contributed by atoms with van der Waals surface area (Å²) in [5.74, 6) is -4.89. The van der Waals surface area contributed by atoms with Crippen LogP contribution < -0.4 is 0 Å². The van der Waals surface area contributed by atoms with Gasteiger partial charge in [0.2, 0.25) is 8.67 Å². The van der Waals surface area contributed by atoms with Crippen LogP contribution in [0.3, 0.4) is 0 Å². The second-order valence-corrected chi connectivity index (χ2v) is 15.5. The maximum absolute atomic E-state index is 15.2. The number of carbonyl (C=O) groups excluding carboxylic acids is 2. The fourth-order valence-corrected chi connectivity index (χ4v) is 5.23. The van der Waals surface area contributed by atoms with E-state index < -0.39 is 77.6 Å². The van der Waals surface area contributed by atoms with Crippen molar-refractivity contribution in [3.8, 4) is 0 Å². The molecule has 0 spiro atoms. The first-order valence-electron chi connectivity index (χ1n) is 11.3. The average Bonchev–Trinajstić information content (AvgIpc) is 2.79. The van der Waals surface area contributed by atoms with Crippen molar-refractivity contribution < 1.29 is 54.5 Å². The molecule has 0 amide bonds. The molecule has 0 radical (unpaired) electrons. The molecule has 42 heavy (non-hydrogen) atoms. The zero-order valence-corrected chi connectivity index (χ0v) is 28.1. The third-order valence-corrected chi connectivity index (χ3v) is 11.6. The number of carbonyl (C=O) groups is 2. The Morgan fingerprint density at radius 1 is 0.429 bits per heavy atom. The third-order valence-electron chi connectivity index (χ3n) is 5.32. The van der Waals surface area contributed by atoms with Gasteiger partial charge in [-0.25, -0.2) is 28.1 Å². The van der Waals surface area contributed by atoms with Gasteiger partial charge in [0.15, 0.2) is 8.67 Å². The first-order valence-corrected chi connectivity index (χ1v) is 15.1. The fraction of sp³-hybridized carbons (Fsp3) is 0.900. The molecule has 0 aromatic rings. The van der Waals surface area contributed by atoms with E-state index in [4.69, 9.17) is 116 Å². The SMILES string of the molecule is O=C(OOC(=O)C(F)(Cl)C(Cl)(Cl)C(Cl)(Cl)CCCCCC(F)(F)F)C(F)(Cl)C(Cl)(Cl)C(Cl)(Cl)CCCCCC(F)(F)F. The number of hydrogen-bond acceptors (Lipinski definition) is 4. The van der Waals surface area contributed by atoms with Crippen LogP contribution in [0.25, 0.3) is 0 Å². The summed E-state index contributed by atoms with van der Waals surface area (Å²) in [4.78, 5) is 32.1. The van der Waals surface area contributed by atoms with Crippen LogP contribution in [0.4, 0.5) is 35.1 Å². The topological polar surface area (TPSA) is 52.6 Å².